The lowest BCUT2D eigenvalue weighted by Gasteiger charge is -2.38. The highest BCUT2D eigenvalue weighted by molar-refractivity contribution is 5.78. The smallest absolute Gasteiger partial charge is 0.0705 e. The molecule has 3 rings (SSSR count). The van der Waals surface area contributed by atoms with Gasteiger partial charge in [-0.25, -0.2) is 0 Å². The second-order valence-electron chi connectivity index (χ2n) is 5.76. The molecule has 0 atom stereocenters. The van der Waals surface area contributed by atoms with E-state index >= 15 is 0 Å². The lowest BCUT2D eigenvalue weighted by molar-refractivity contribution is 0.156. The minimum absolute atomic E-state index is 0.539. The van der Waals surface area contributed by atoms with E-state index in [2.05, 4.69) is 47.6 Å². The van der Waals surface area contributed by atoms with E-state index in [1.165, 1.54) is 24.6 Å². The second-order valence-corrected chi connectivity index (χ2v) is 5.76. The first-order chi connectivity index (χ1) is 8.75. The lowest BCUT2D eigenvalue weighted by Crippen LogP contribution is -2.37. The van der Waals surface area contributed by atoms with Crippen LogP contribution in [0.3, 0.4) is 0 Å². The van der Waals surface area contributed by atoms with Gasteiger partial charge in [-0.05, 0) is 30.4 Å². The summed E-state index contributed by atoms with van der Waals surface area (Å²) in [6, 6.07) is 12.6. The highest BCUT2D eigenvalue weighted by atomic mass is 14.9. The molecule has 0 amide bonds. The molecule has 0 saturated heterocycles. The Kier molecular flexibility index (Phi) is 3.04. The Morgan fingerprint density at radius 1 is 1.17 bits per heavy atom. The van der Waals surface area contributed by atoms with Crippen molar-refractivity contribution in [2.24, 2.45) is 5.41 Å². The Bertz CT molecular complexity index is 544. The Morgan fingerprint density at radius 2 is 2.00 bits per heavy atom. The maximum absolute atomic E-state index is 4.68. The average molecular weight is 240 g/mol. The zero-order chi connectivity index (χ0) is 12.4. The van der Waals surface area contributed by atoms with Gasteiger partial charge in [0.05, 0.1) is 11.2 Å². The number of rotatable bonds is 4. The van der Waals surface area contributed by atoms with Crippen LogP contribution >= 0.6 is 0 Å². The van der Waals surface area contributed by atoms with Gasteiger partial charge in [0.15, 0.2) is 0 Å². The van der Waals surface area contributed by atoms with Gasteiger partial charge in [0.1, 0.15) is 0 Å². The van der Waals surface area contributed by atoms with Gasteiger partial charge in [0.2, 0.25) is 0 Å². The standard InChI is InChI=1S/C16H20N2/c1-16(9-4-10-16)12-17-11-14-8-7-13-5-2-3-6-15(13)18-14/h2-3,5-8,17H,4,9-12H2,1H3. The van der Waals surface area contributed by atoms with Crippen molar-refractivity contribution in [1.29, 1.82) is 0 Å². The van der Waals surface area contributed by atoms with Crippen LogP contribution in [0.4, 0.5) is 0 Å². The summed E-state index contributed by atoms with van der Waals surface area (Å²) in [6.45, 7) is 4.36. The molecule has 2 heteroatoms. The van der Waals surface area contributed by atoms with Crippen LogP contribution in [0, 0.1) is 5.41 Å². The first-order valence-electron chi connectivity index (χ1n) is 6.81. The van der Waals surface area contributed by atoms with Crippen LogP contribution in [0.2, 0.25) is 0 Å². The fraction of sp³-hybridized carbons (Fsp3) is 0.438. The minimum Gasteiger partial charge on any atom is -0.311 e. The van der Waals surface area contributed by atoms with Crippen LogP contribution in [0.15, 0.2) is 36.4 Å². The van der Waals surface area contributed by atoms with E-state index < -0.39 is 0 Å². The van der Waals surface area contributed by atoms with Gasteiger partial charge >= 0.3 is 0 Å². The van der Waals surface area contributed by atoms with E-state index in [4.69, 9.17) is 0 Å². The molecule has 0 radical (unpaired) electrons. The van der Waals surface area contributed by atoms with Gasteiger partial charge in [-0.15, -0.1) is 0 Å². The number of nitrogens with one attached hydrogen (secondary N) is 1. The van der Waals surface area contributed by atoms with Gasteiger partial charge in [-0.2, -0.15) is 0 Å². The highest BCUT2D eigenvalue weighted by Gasteiger charge is 2.30. The molecule has 1 aromatic heterocycles. The van der Waals surface area contributed by atoms with E-state index in [-0.39, 0.29) is 0 Å². The van der Waals surface area contributed by atoms with Gasteiger partial charge in [0, 0.05) is 18.5 Å². The van der Waals surface area contributed by atoms with Gasteiger partial charge < -0.3 is 5.32 Å². The van der Waals surface area contributed by atoms with Crippen molar-refractivity contribution in [3.05, 3.63) is 42.1 Å². The average Bonchev–Trinajstić information content (AvgIpc) is 2.37. The molecule has 18 heavy (non-hydrogen) atoms. The normalized spacial score (nSPS) is 17.6. The van der Waals surface area contributed by atoms with E-state index in [0.29, 0.717) is 5.41 Å². The highest BCUT2D eigenvalue weighted by Crippen LogP contribution is 2.39. The fourth-order valence-electron chi connectivity index (χ4n) is 2.66. The van der Waals surface area contributed by atoms with Crippen LogP contribution in [0.1, 0.15) is 31.9 Å². The largest absolute Gasteiger partial charge is 0.311 e. The van der Waals surface area contributed by atoms with Crippen molar-refractivity contribution < 1.29 is 0 Å². The number of pyridine rings is 1. The monoisotopic (exact) mass is 240 g/mol. The predicted molar refractivity (Wildman–Crippen MR) is 75.4 cm³/mol. The fourth-order valence-corrected chi connectivity index (χ4v) is 2.66. The quantitative estimate of drug-likeness (QED) is 0.884. The molecule has 1 heterocycles. The Morgan fingerprint density at radius 3 is 2.78 bits per heavy atom. The van der Waals surface area contributed by atoms with Crippen molar-refractivity contribution in [1.82, 2.24) is 10.3 Å². The summed E-state index contributed by atoms with van der Waals surface area (Å²) < 4.78 is 0. The molecule has 1 aromatic carbocycles. The van der Waals surface area contributed by atoms with Crippen molar-refractivity contribution in [3.8, 4) is 0 Å². The van der Waals surface area contributed by atoms with Crippen LogP contribution in [-0.2, 0) is 6.54 Å². The number of fused-ring (bicyclic) bond motifs is 1. The molecule has 1 saturated carbocycles. The van der Waals surface area contributed by atoms with Crippen molar-refractivity contribution >= 4 is 10.9 Å². The van der Waals surface area contributed by atoms with Crippen LogP contribution in [-0.4, -0.2) is 11.5 Å². The summed E-state index contributed by atoms with van der Waals surface area (Å²) in [5.74, 6) is 0. The minimum atomic E-state index is 0.539. The third-order valence-electron chi connectivity index (χ3n) is 4.07. The maximum atomic E-state index is 4.68. The van der Waals surface area contributed by atoms with E-state index in [1.807, 2.05) is 6.07 Å². The van der Waals surface area contributed by atoms with E-state index in [9.17, 15) is 0 Å². The molecule has 0 aliphatic heterocycles. The van der Waals surface area contributed by atoms with Crippen molar-refractivity contribution in [2.75, 3.05) is 6.54 Å². The third-order valence-corrected chi connectivity index (χ3v) is 4.07. The van der Waals surface area contributed by atoms with Gasteiger partial charge in [-0.3, -0.25) is 4.98 Å². The number of hydrogen-bond donors (Lipinski definition) is 1. The van der Waals surface area contributed by atoms with E-state index in [1.54, 1.807) is 0 Å². The summed E-state index contributed by atoms with van der Waals surface area (Å²) in [7, 11) is 0. The maximum Gasteiger partial charge on any atom is 0.0705 e. The zero-order valence-corrected chi connectivity index (χ0v) is 10.9. The van der Waals surface area contributed by atoms with Gasteiger partial charge in [-0.1, -0.05) is 37.6 Å². The second kappa shape index (κ2) is 4.69. The topological polar surface area (TPSA) is 24.9 Å². The van der Waals surface area contributed by atoms with Gasteiger partial charge in [0.25, 0.3) is 0 Å². The first kappa shape index (κ1) is 11.7. The number of benzene rings is 1. The summed E-state index contributed by atoms with van der Waals surface area (Å²) in [4.78, 5) is 4.68. The molecular weight excluding hydrogens is 220 g/mol. The molecule has 0 bridgehead atoms. The van der Waals surface area contributed by atoms with E-state index in [0.717, 1.165) is 24.3 Å². The molecule has 0 spiro atoms. The molecule has 94 valence electrons. The van der Waals surface area contributed by atoms with Crippen molar-refractivity contribution in [3.63, 3.8) is 0 Å². The van der Waals surface area contributed by atoms with Crippen LogP contribution < -0.4 is 5.32 Å². The molecule has 2 aromatic rings. The molecule has 1 fully saturated rings. The molecule has 1 aliphatic carbocycles. The SMILES string of the molecule is CC1(CNCc2ccc3ccccc3n2)CCC1. The number of aromatic nitrogens is 1. The summed E-state index contributed by atoms with van der Waals surface area (Å²) >= 11 is 0. The molecule has 1 N–H and O–H groups in total. The van der Waals surface area contributed by atoms with Crippen molar-refractivity contribution in [2.45, 2.75) is 32.7 Å². The number of hydrogen-bond acceptors (Lipinski definition) is 2. The third kappa shape index (κ3) is 2.39. The number of para-hydroxylation sites is 1. The Hall–Kier alpha value is -1.41. The first-order valence-corrected chi connectivity index (χ1v) is 6.81. The molecule has 0 unspecified atom stereocenters. The zero-order valence-electron chi connectivity index (χ0n) is 10.9. The molecule has 1 aliphatic rings. The summed E-state index contributed by atoms with van der Waals surface area (Å²) in [5.41, 5.74) is 2.76. The molecule has 2 nitrogen and oxygen atoms in total. The Labute approximate surface area is 108 Å². The predicted octanol–water partition coefficient (Wildman–Crippen LogP) is 3.51. The lowest BCUT2D eigenvalue weighted by atomic mass is 9.70. The molecular formula is C16H20N2. The van der Waals surface area contributed by atoms with Crippen LogP contribution in [0.25, 0.3) is 10.9 Å². The Balaban J connectivity index is 1.64. The van der Waals surface area contributed by atoms with Crippen LogP contribution in [0.5, 0.6) is 0 Å². The number of nitrogens with zero attached hydrogens (tertiary/aromatic N) is 1. The summed E-state index contributed by atoms with van der Waals surface area (Å²) in [6.07, 6.45) is 4.13. The summed E-state index contributed by atoms with van der Waals surface area (Å²) in [5, 5.41) is 4.76.